The molecule has 0 spiro atoms. The van der Waals surface area contributed by atoms with Gasteiger partial charge in [0.05, 0.1) is 6.54 Å². The van der Waals surface area contributed by atoms with Crippen molar-refractivity contribution in [2.75, 3.05) is 13.4 Å². The Bertz CT molecular complexity index is 1080. The van der Waals surface area contributed by atoms with Crippen LogP contribution in [0, 0.1) is 0 Å². The highest BCUT2D eigenvalue weighted by molar-refractivity contribution is 7.99. The highest BCUT2D eigenvalue weighted by Crippen LogP contribution is 2.37. The lowest BCUT2D eigenvalue weighted by Crippen LogP contribution is -2.09. The summed E-state index contributed by atoms with van der Waals surface area (Å²) < 4.78 is 18.2. The van der Waals surface area contributed by atoms with Crippen LogP contribution in [0.25, 0.3) is 0 Å². The summed E-state index contributed by atoms with van der Waals surface area (Å²) in [6, 6.07) is 11.0. The van der Waals surface area contributed by atoms with Gasteiger partial charge in [0.2, 0.25) is 6.79 Å². The molecule has 0 bridgehead atoms. The van der Waals surface area contributed by atoms with Gasteiger partial charge in [-0.1, -0.05) is 30.3 Å². The van der Waals surface area contributed by atoms with Crippen LogP contribution in [0.15, 0.2) is 52.5 Å². The molecule has 1 aromatic heterocycles. The fraction of sp³-hybridized carbons (Fsp3) is 0.273. The number of nitrogens with zero attached hydrogens (tertiary/aromatic N) is 2. The lowest BCUT2D eigenvalue weighted by Gasteiger charge is -2.10. The highest BCUT2D eigenvalue weighted by atomic mass is 35.5. The van der Waals surface area contributed by atoms with Crippen molar-refractivity contribution in [3.8, 4) is 17.2 Å². The van der Waals surface area contributed by atoms with E-state index in [4.69, 9.17) is 35.9 Å². The van der Waals surface area contributed by atoms with Crippen LogP contribution in [0.4, 0.5) is 0 Å². The van der Waals surface area contributed by atoms with Crippen LogP contribution in [-0.4, -0.2) is 34.0 Å². The van der Waals surface area contributed by atoms with Crippen molar-refractivity contribution in [3.05, 3.63) is 59.0 Å². The van der Waals surface area contributed by atoms with E-state index in [1.807, 2.05) is 24.4 Å². The quantitative estimate of drug-likeness (QED) is 0.487. The van der Waals surface area contributed by atoms with Crippen molar-refractivity contribution in [1.29, 1.82) is 0 Å². The number of halogens is 1. The maximum Gasteiger partial charge on any atom is 0.341 e. The van der Waals surface area contributed by atoms with Crippen molar-refractivity contribution in [1.82, 2.24) is 9.55 Å². The van der Waals surface area contributed by atoms with Crippen molar-refractivity contribution < 1.29 is 24.1 Å². The fourth-order valence-electron chi connectivity index (χ4n) is 3.17. The molecule has 1 N–H and O–H groups in total. The molecule has 2 heterocycles. The second kappa shape index (κ2) is 9.53. The van der Waals surface area contributed by atoms with Gasteiger partial charge in [-0.15, -0.1) is 0 Å². The molecule has 162 valence electrons. The molecule has 4 rings (SSSR count). The van der Waals surface area contributed by atoms with Gasteiger partial charge in [-0.25, -0.2) is 9.78 Å². The Hall–Kier alpha value is -2.84. The first kappa shape index (κ1) is 21.4. The number of imidazole rings is 1. The maximum absolute atomic E-state index is 10.6. The van der Waals surface area contributed by atoms with Crippen LogP contribution in [0.1, 0.15) is 24.7 Å². The maximum atomic E-state index is 10.6. The summed E-state index contributed by atoms with van der Waals surface area (Å²) in [5.41, 5.74) is 0.942. The number of rotatable bonds is 9. The van der Waals surface area contributed by atoms with E-state index in [1.165, 1.54) is 11.8 Å². The molecule has 0 amide bonds. The second-order valence-electron chi connectivity index (χ2n) is 6.93. The van der Waals surface area contributed by atoms with E-state index in [-0.39, 0.29) is 13.4 Å². The number of aromatic nitrogens is 2. The average Bonchev–Trinajstić information content (AvgIpc) is 3.34. The SMILES string of the molecule is CCCc1nc(Sc2ccc(OCC(=O)O)cc2)cn1Cc1cc2c(cc1Cl)OCO2. The van der Waals surface area contributed by atoms with Gasteiger partial charge < -0.3 is 23.9 Å². The van der Waals surface area contributed by atoms with E-state index in [1.54, 1.807) is 18.2 Å². The van der Waals surface area contributed by atoms with Crippen molar-refractivity contribution in [2.45, 2.75) is 36.2 Å². The molecule has 0 saturated heterocycles. The number of aliphatic carboxylic acids is 1. The van der Waals surface area contributed by atoms with Crippen molar-refractivity contribution in [3.63, 3.8) is 0 Å². The monoisotopic (exact) mass is 460 g/mol. The number of hydrogen-bond donors (Lipinski definition) is 1. The molecule has 9 heteroatoms. The van der Waals surface area contributed by atoms with Gasteiger partial charge in [0.1, 0.15) is 16.6 Å². The molecule has 0 atom stereocenters. The number of carboxylic acid groups (broad SMARTS) is 1. The Labute approximate surface area is 188 Å². The lowest BCUT2D eigenvalue weighted by atomic mass is 10.2. The van der Waals surface area contributed by atoms with Crippen LogP contribution in [0.3, 0.4) is 0 Å². The summed E-state index contributed by atoms with van der Waals surface area (Å²) in [5, 5.41) is 10.2. The Balaban J connectivity index is 1.50. The van der Waals surface area contributed by atoms with Gasteiger partial charge >= 0.3 is 5.97 Å². The summed E-state index contributed by atoms with van der Waals surface area (Å²) >= 11 is 8.00. The van der Waals surface area contributed by atoms with Gasteiger partial charge in [0.25, 0.3) is 0 Å². The molecule has 3 aromatic rings. The molecular weight excluding hydrogens is 440 g/mol. The van der Waals surface area contributed by atoms with E-state index < -0.39 is 5.97 Å². The van der Waals surface area contributed by atoms with Crippen molar-refractivity contribution >= 4 is 29.3 Å². The summed E-state index contributed by atoms with van der Waals surface area (Å²) in [7, 11) is 0. The number of fused-ring (bicyclic) bond motifs is 1. The first-order valence-corrected chi connectivity index (χ1v) is 11.0. The number of benzene rings is 2. The Kier molecular flexibility index (Phi) is 6.58. The van der Waals surface area contributed by atoms with E-state index in [2.05, 4.69) is 11.5 Å². The first-order chi connectivity index (χ1) is 15.0. The summed E-state index contributed by atoms with van der Waals surface area (Å²) in [6.45, 7) is 2.55. The van der Waals surface area contributed by atoms with Gasteiger partial charge in [0.15, 0.2) is 18.1 Å². The zero-order valence-corrected chi connectivity index (χ0v) is 18.4. The largest absolute Gasteiger partial charge is 0.482 e. The molecule has 0 radical (unpaired) electrons. The van der Waals surface area contributed by atoms with E-state index >= 15 is 0 Å². The molecule has 0 saturated carbocycles. The van der Waals surface area contributed by atoms with E-state index in [0.29, 0.717) is 28.8 Å². The summed E-state index contributed by atoms with van der Waals surface area (Å²) in [4.78, 5) is 16.4. The number of carboxylic acids is 1. The summed E-state index contributed by atoms with van der Waals surface area (Å²) in [6.07, 6.45) is 3.85. The molecule has 2 aromatic carbocycles. The normalized spacial score (nSPS) is 12.2. The van der Waals surface area contributed by atoms with Gasteiger partial charge in [-0.3, -0.25) is 0 Å². The lowest BCUT2D eigenvalue weighted by molar-refractivity contribution is -0.139. The molecule has 0 unspecified atom stereocenters. The standard InChI is InChI=1S/C22H21ClN2O5S/c1-2-3-20-24-21(31-16-6-4-15(5-7-16)28-12-22(26)27)11-25(20)10-14-8-18-19(9-17(14)23)30-13-29-18/h4-9,11H,2-3,10,12-13H2,1H3,(H,26,27). The average molecular weight is 461 g/mol. The van der Waals surface area contributed by atoms with Gasteiger partial charge in [-0.2, -0.15) is 0 Å². The topological polar surface area (TPSA) is 82.8 Å². The molecule has 31 heavy (non-hydrogen) atoms. The number of carbonyl (C=O) groups is 1. The van der Waals surface area contributed by atoms with Crippen LogP contribution < -0.4 is 14.2 Å². The third-order valence-corrected chi connectivity index (χ3v) is 5.87. The molecular formula is C22H21ClN2O5S. The smallest absolute Gasteiger partial charge is 0.341 e. The minimum atomic E-state index is -1.00. The minimum Gasteiger partial charge on any atom is -0.482 e. The van der Waals surface area contributed by atoms with Crippen LogP contribution in [-0.2, 0) is 17.8 Å². The molecule has 0 fully saturated rings. The van der Waals surface area contributed by atoms with Crippen LogP contribution in [0.5, 0.6) is 17.2 Å². The van der Waals surface area contributed by atoms with E-state index in [0.717, 1.165) is 34.2 Å². The number of aryl methyl sites for hydroxylation is 1. The third-order valence-electron chi connectivity index (χ3n) is 4.60. The predicted octanol–water partition coefficient (Wildman–Crippen LogP) is 4.88. The second-order valence-corrected chi connectivity index (χ2v) is 8.43. The van der Waals surface area contributed by atoms with Crippen LogP contribution in [0.2, 0.25) is 5.02 Å². The third kappa shape index (κ3) is 5.26. The fourth-order valence-corrected chi connectivity index (χ4v) is 4.23. The molecule has 1 aliphatic heterocycles. The number of ether oxygens (including phenoxy) is 3. The zero-order valence-electron chi connectivity index (χ0n) is 16.8. The highest BCUT2D eigenvalue weighted by Gasteiger charge is 2.18. The zero-order chi connectivity index (χ0) is 21.8. The minimum absolute atomic E-state index is 0.211. The first-order valence-electron chi connectivity index (χ1n) is 9.78. The van der Waals surface area contributed by atoms with Gasteiger partial charge in [-0.05, 0) is 42.3 Å². The predicted molar refractivity (Wildman–Crippen MR) is 117 cm³/mol. The summed E-state index contributed by atoms with van der Waals surface area (Å²) in [5.74, 6) is 1.87. The van der Waals surface area contributed by atoms with Crippen LogP contribution >= 0.6 is 23.4 Å². The van der Waals surface area contributed by atoms with Gasteiger partial charge in [0, 0.05) is 28.6 Å². The van der Waals surface area contributed by atoms with Crippen molar-refractivity contribution in [2.24, 2.45) is 0 Å². The number of hydrogen-bond acceptors (Lipinski definition) is 6. The Morgan fingerprint density at radius 2 is 2.00 bits per heavy atom. The van der Waals surface area contributed by atoms with E-state index in [9.17, 15) is 4.79 Å². The molecule has 7 nitrogen and oxygen atoms in total. The Morgan fingerprint density at radius 1 is 1.26 bits per heavy atom. The Morgan fingerprint density at radius 3 is 2.71 bits per heavy atom. The molecule has 0 aliphatic carbocycles. The molecule has 1 aliphatic rings.